The van der Waals surface area contributed by atoms with Crippen LogP contribution in [0.25, 0.3) is 0 Å². The molecule has 0 saturated heterocycles. The van der Waals surface area contributed by atoms with Gasteiger partial charge in [-0.05, 0) is 13.0 Å². The highest BCUT2D eigenvalue weighted by Crippen LogP contribution is 2.25. The lowest BCUT2D eigenvalue weighted by molar-refractivity contribution is -0.121. The van der Waals surface area contributed by atoms with E-state index in [9.17, 15) is 9.59 Å². The highest BCUT2D eigenvalue weighted by atomic mass is 35.5. The first-order chi connectivity index (χ1) is 8.42. The van der Waals surface area contributed by atoms with Gasteiger partial charge in [0.2, 0.25) is 5.91 Å². The molecule has 0 unspecified atom stereocenters. The minimum atomic E-state index is -0.280. The van der Waals surface area contributed by atoms with Crippen LogP contribution in [0.15, 0.2) is 6.07 Å². The lowest BCUT2D eigenvalue weighted by atomic mass is 10.3. The molecule has 5 nitrogen and oxygen atoms in total. The van der Waals surface area contributed by atoms with Gasteiger partial charge in [-0.15, -0.1) is 0 Å². The average Bonchev–Trinajstić information content (AvgIpc) is 2.62. The van der Waals surface area contributed by atoms with E-state index in [0.29, 0.717) is 22.4 Å². The topological polar surface area (TPSA) is 54.3 Å². The summed E-state index contributed by atoms with van der Waals surface area (Å²) in [6, 6.07) is 1.50. The van der Waals surface area contributed by atoms with Crippen molar-refractivity contribution in [2.45, 2.75) is 6.92 Å². The molecule has 1 N–H and O–H groups in total. The van der Waals surface area contributed by atoms with Gasteiger partial charge in [0, 0.05) is 20.6 Å². The number of nitrogens with zero attached hydrogens (tertiary/aromatic N) is 2. The fourth-order valence-electron chi connectivity index (χ4n) is 1.49. The van der Waals surface area contributed by atoms with E-state index in [1.54, 1.807) is 14.0 Å². The smallest absolute Gasteiger partial charge is 0.271 e. The Morgan fingerprint density at radius 1 is 1.44 bits per heavy atom. The number of hydrogen-bond acceptors (Lipinski definition) is 2. The third-order valence-electron chi connectivity index (χ3n) is 2.62. The molecule has 0 spiro atoms. The molecule has 18 heavy (non-hydrogen) atoms. The van der Waals surface area contributed by atoms with Gasteiger partial charge >= 0.3 is 0 Å². The molecule has 0 aliphatic rings. The summed E-state index contributed by atoms with van der Waals surface area (Å²) >= 11 is 11.8. The van der Waals surface area contributed by atoms with Gasteiger partial charge in [0.15, 0.2) is 0 Å². The van der Waals surface area contributed by atoms with Crippen LogP contribution in [0.3, 0.4) is 0 Å². The van der Waals surface area contributed by atoms with Gasteiger partial charge in [0.25, 0.3) is 5.91 Å². The molecular formula is C11H15Cl2N3O2. The number of aromatic nitrogens is 1. The minimum absolute atomic E-state index is 0.00620. The number of nitrogens with one attached hydrogen (secondary N) is 1. The molecule has 2 amide bonds. The zero-order valence-corrected chi connectivity index (χ0v) is 12.0. The van der Waals surface area contributed by atoms with Gasteiger partial charge in [-0.25, -0.2) is 0 Å². The molecule has 0 fully saturated rings. The van der Waals surface area contributed by atoms with Crippen LogP contribution in [0, 0.1) is 0 Å². The Morgan fingerprint density at radius 2 is 2.06 bits per heavy atom. The number of rotatable bonds is 4. The van der Waals surface area contributed by atoms with Gasteiger partial charge in [0.05, 0.1) is 11.6 Å². The molecule has 0 radical (unpaired) electrons. The first-order valence-electron chi connectivity index (χ1n) is 5.42. The predicted octanol–water partition coefficient (Wildman–Crippen LogP) is 1.54. The van der Waals surface area contributed by atoms with Crippen LogP contribution >= 0.6 is 23.2 Å². The van der Waals surface area contributed by atoms with Crippen molar-refractivity contribution in [3.63, 3.8) is 0 Å². The molecule has 0 aromatic carbocycles. The number of halogens is 2. The summed E-state index contributed by atoms with van der Waals surface area (Å²) < 4.78 is 1.50. The Labute approximate surface area is 116 Å². The summed E-state index contributed by atoms with van der Waals surface area (Å²) in [6.07, 6.45) is 0. The third-order valence-corrected chi connectivity index (χ3v) is 3.46. The largest absolute Gasteiger partial charge is 0.358 e. The molecule has 0 aliphatic carbocycles. The van der Waals surface area contributed by atoms with Crippen LogP contribution in [0.5, 0.6) is 0 Å². The summed E-state index contributed by atoms with van der Waals surface area (Å²) in [5, 5.41) is 3.10. The lowest BCUT2D eigenvalue weighted by Crippen LogP contribution is -2.40. The van der Waals surface area contributed by atoms with Crippen molar-refractivity contribution >= 4 is 35.0 Å². The van der Waals surface area contributed by atoms with Gasteiger partial charge in [-0.2, -0.15) is 0 Å². The fraction of sp³-hybridized carbons (Fsp3) is 0.455. The second-order valence-corrected chi connectivity index (χ2v) is 4.49. The van der Waals surface area contributed by atoms with Crippen molar-refractivity contribution in [1.29, 1.82) is 0 Å². The van der Waals surface area contributed by atoms with Crippen molar-refractivity contribution in [3.05, 3.63) is 21.9 Å². The van der Waals surface area contributed by atoms with Gasteiger partial charge in [0.1, 0.15) is 10.8 Å². The first-order valence-corrected chi connectivity index (χ1v) is 6.18. The molecule has 0 saturated carbocycles. The van der Waals surface area contributed by atoms with E-state index in [1.165, 1.54) is 22.6 Å². The predicted molar refractivity (Wildman–Crippen MR) is 71.1 cm³/mol. The van der Waals surface area contributed by atoms with E-state index >= 15 is 0 Å². The number of likely N-dealkylation sites (N-methyl/N-ethyl adjacent to an activating group) is 2. The highest BCUT2D eigenvalue weighted by Gasteiger charge is 2.21. The molecule has 1 rings (SSSR count). The molecule has 1 aromatic rings. The minimum Gasteiger partial charge on any atom is -0.358 e. The molecular weight excluding hydrogens is 277 g/mol. The van der Waals surface area contributed by atoms with E-state index in [0.717, 1.165) is 0 Å². The molecule has 7 heteroatoms. The van der Waals surface area contributed by atoms with Crippen molar-refractivity contribution in [3.8, 4) is 0 Å². The summed E-state index contributed by atoms with van der Waals surface area (Å²) in [4.78, 5) is 24.9. The Bertz CT molecular complexity index is 471. The average molecular weight is 292 g/mol. The van der Waals surface area contributed by atoms with Crippen molar-refractivity contribution < 1.29 is 9.59 Å². The fourth-order valence-corrected chi connectivity index (χ4v) is 1.86. The summed E-state index contributed by atoms with van der Waals surface area (Å²) in [5.74, 6) is -0.506. The zero-order valence-electron chi connectivity index (χ0n) is 10.5. The van der Waals surface area contributed by atoms with E-state index in [1.807, 2.05) is 0 Å². The Hall–Kier alpha value is -1.20. The molecule has 0 bridgehead atoms. The molecule has 100 valence electrons. The second-order valence-electron chi connectivity index (χ2n) is 3.72. The maximum Gasteiger partial charge on any atom is 0.271 e. The standard InChI is InChI=1S/C11H15Cl2N3O2/c1-4-16(6-9(17)14-2)11(18)8-5-7(12)10(13)15(8)3/h5H,4,6H2,1-3H3,(H,14,17). The number of carbonyl (C=O) groups excluding carboxylic acids is 2. The van der Waals surface area contributed by atoms with Crippen LogP contribution in [-0.4, -0.2) is 41.4 Å². The van der Waals surface area contributed by atoms with Gasteiger partial charge in [-0.1, -0.05) is 23.2 Å². The maximum atomic E-state index is 12.2. The Balaban J connectivity index is 2.96. The van der Waals surface area contributed by atoms with Crippen LogP contribution in [-0.2, 0) is 11.8 Å². The first kappa shape index (κ1) is 14.9. The van der Waals surface area contributed by atoms with Gasteiger partial charge in [-0.3, -0.25) is 9.59 Å². The Morgan fingerprint density at radius 3 is 2.44 bits per heavy atom. The van der Waals surface area contributed by atoms with Crippen LogP contribution in [0.2, 0.25) is 10.2 Å². The third kappa shape index (κ3) is 2.97. The zero-order chi connectivity index (χ0) is 13.9. The van der Waals surface area contributed by atoms with Crippen molar-refractivity contribution in [2.24, 2.45) is 7.05 Å². The normalized spacial score (nSPS) is 10.3. The maximum absolute atomic E-state index is 12.2. The van der Waals surface area contributed by atoms with Gasteiger partial charge < -0.3 is 14.8 Å². The van der Waals surface area contributed by atoms with E-state index in [-0.39, 0.29) is 18.4 Å². The molecule has 1 aromatic heterocycles. The van der Waals surface area contributed by atoms with Crippen molar-refractivity contribution in [2.75, 3.05) is 20.1 Å². The molecule has 1 heterocycles. The number of amides is 2. The van der Waals surface area contributed by atoms with Crippen LogP contribution in [0.1, 0.15) is 17.4 Å². The van der Waals surface area contributed by atoms with Crippen LogP contribution < -0.4 is 5.32 Å². The van der Waals surface area contributed by atoms with E-state index < -0.39 is 0 Å². The summed E-state index contributed by atoms with van der Waals surface area (Å²) in [5.41, 5.74) is 0.357. The molecule has 0 atom stereocenters. The number of carbonyl (C=O) groups is 2. The SMILES string of the molecule is CCN(CC(=O)NC)C(=O)c1cc(Cl)c(Cl)n1C. The van der Waals surface area contributed by atoms with Crippen LogP contribution in [0.4, 0.5) is 0 Å². The number of hydrogen-bond donors (Lipinski definition) is 1. The van der Waals surface area contributed by atoms with Crippen molar-refractivity contribution in [1.82, 2.24) is 14.8 Å². The summed E-state index contributed by atoms with van der Waals surface area (Å²) in [7, 11) is 3.17. The summed E-state index contributed by atoms with van der Waals surface area (Å²) in [6.45, 7) is 2.23. The Kier molecular flexibility index (Phi) is 5.04. The second kappa shape index (κ2) is 6.11. The molecule has 0 aliphatic heterocycles. The van der Waals surface area contributed by atoms with E-state index in [4.69, 9.17) is 23.2 Å². The highest BCUT2D eigenvalue weighted by molar-refractivity contribution is 6.41. The van der Waals surface area contributed by atoms with E-state index in [2.05, 4.69) is 5.32 Å². The monoisotopic (exact) mass is 291 g/mol. The quantitative estimate of drug-likeness (QED) is 0.915. The lowest BCUT2D eigenvalue weighted by Gasteiger charge is -2.20.